The molecule has 7 nitrogen and oxygen atoms in total. The molecule has 0 bridgehead atoms. The van der Waals surface area contributed by atoms with E-state index >= 15 is 0 Å². The van der Waals surface area contributed by atoms with Crippen molar-refractivity contribution in [2.75, 3.05) is 11.5 Å². The topological polar surface area (TPSA) is 110 Å². The predicted octanol–water partition coefficient (Wildman–Crippen LogP) is 1.69. The summed E-state index contributed by atoms with van der Waals surface area (Å²) in [6.07, 6.45) is 1.80. The number of rotatable bonds is 3. The van der Waals surface area contributed by atoms with E-state index < -0.39 is 20.7 Å². The minimum Gasteiger partial charge on any atom is -0.360 e. The summed E-state index contributed by atoms with van der Waals surface area (Å²) in [7, 11) is -3.15. The number of nitro benzene ring substituents is 1. The SMILES string of the molecule is O=C(c1c[nH]c2ccc([N+](=O)[O-])cc12)C1CCS(=O)(=O)C1. The molecule has 0 spiro atoms. The van der Waals surface area contributed by atoms with Crippen molar-refractivity contribution in [2.24, 2.45) is 5.92 Å². The van der Waals surface area contributed by atoms with E-state index in [1.54, 1.807) is 0 Å². The van der Waals surface area contributed by atoms with Crippen molar-refractivity contribution < 1.29 is 18.1 Å². The maximum Gasteiger partial charge on any atom is 0.270 e. The second-order valence-corrected chi connectivity index (χ2v) is 7.38. The van der Waals surface area contributed by atoms with Crippen LogP contribution in [0.2, 0.25) is 0 Å². The van der Waals surface area contributed by atoms with Crippen molar-refractivity contribution in [3.8, 4) is 0 Å². The maximum atomic E-state index is 12.4. The summed E-state index contributed by atoms with van der Waals surface area (Å²) in [4.78, 5) is 25.6. The first-order chi connectivity index (χ1) is 9.87. The Morgan fingerprint density at radius 1 is 1.38 bits per heavy atom. The van der Waals surface area contributed by atoms with Crippen LogP contribution in [0.3, 0.4) is 0 Å². The highest BCUT2D eigenvalue weighted by Gasteiger charge is 2.34. The van der Waals surface area contributed by atoms with Gasteiger partial charge in [-0.3, -0.25) is 14.9 Å². The summed E-state index contributed by atoms with van der Waals surface area (Å²) in [5, 5.41) is 11.3. The quantitative estimate of drug-likeness (QED) is 0.527. The number of hydrogen-bond donors (Lipinski definition) is 1. The number of nitrogens with zero attached hydrogens (tertiary/aromatic N) is 1. The van der Waals surface area contributed by atoms with Crippen molar-refractivity contribution >= 4 is 32.2 Å². The Balaban J connectivity index is 2.02. The molecule has 2 aromatic rings. The Kier molecular flexibility index (Phi) is 3.05. The molecule has 21 heavy (non-hydrogen) atoms. The van der Waals surface area contributed by atoms with Crippen LogP contribution in [0.25, 0.3) is 10.9 Å². The number of non-ortho nitro benzene ring substituents is 1. The van der Waals surface area contributed by atoms with E-state index in [4.69, 9.17) is 0 Å². The Labute approximate surface area is 120 Å². The lowest BCUT2D eigenvalue weighted by molar-refractivity contribution is -0.384. The number of aromatic nitrogens is 1. The van der Waals surface area contributed by atoms with Crippen molar-refractivity contribution in [2.45, 2.75) is 6.42 Å². The van der Waals surface area contributed by atoms with Crippen LogP contribution >= 0.6 is 0 Å². The van der Waals surface area contributed by atoms with E-state index in [9.17, 15) is 23.3 Å². The van der Waals surface area contributed by atoms with Gasteiger partial charge in [0, 0.05) is 40.7 Å². The Hall–Kier alpha value is -2.22. The number of aromatic amines is 1. The normalized spacial score (nSPS) is 20.7. The molecule has 110 valence electrons. The van der Waals surface area contributed by atoms with E-state index in [0.717, 1.165) is 0 Å². The molecule has 1 aliphatic heterocycles. The van der Waals surface area contributed by atoms with Crippen LogP contribution in [0.4, 0.5) is 5.69 Å². The highest BCUT2D eigenvalue weighted by atomic mass is 32.2. The van der Waals surface area contributed by atoms with Crippen molar-refractivity contribution in [3.63, 3.8) is 0 Å². The minimum atomic E-state index is -3.15. The lowest BCUT2D eigenvalue weighted by Crippen LogP contribution is -2.15. The minimum absolute atomic E-state index is 0.0198. The van der Waals surface area contributed by atoms with Gasteiger partial charge in [-0.15, -0.1) is 0 Å². The number of carbonyl (C=O) groups is 1. The Morgan fingerprint density at radius 3 is 2.76 bits per heavy atom. The zero-order valence-electron chi connectivity index (χ0n) is 10.9. The monoisotopic (exact) mass is 308 g/mol. The van der Waals surface area contributed by atoms with Crippen molar-refractivity contribution in [3.05, 3.63) is 40.1 Å². The molecule has 1 N–H and O–H groups in total. The third-order valence-corrected chi connectivity index (χ3v) is 5.51. The van der Waals surface area contributed by atoms with Crippen LogP contribution in [0.15, 0.2) is 24.4 Å². The van der Waals surface area contributed by atoms with Gasteiger partial charge in [0.15, 0.2) is 15.6 Å². The van der Waals surface area contributed by atoms with Crippen LogP contribution in [-0.2, 0) is 9.84 Å². The van der Waals surface area contributed by atoms with Gasteiger partial charge >= 0.3 is 0 Å². The molecule has 1 aromatic carbocycles. The van der Waals surface area contributed by atoms with Gasteiger partial charge < -0.3 is 4.98 Å². The van der Waals surface area contributed by atoms with Gasteiger partial charge in [-0.05, 0) is 12.5 Å². The van der Waals surface area contributed by atoms with E-state index in [1.165, 1.54) is 24.4 Å². The van der Waals surface area contributed by atoms with Crippen LogP contribution in [-0.4, -0.2) is 35.6 Å². The third kappa shape index (κ3) is 2.42. The zero-order valence-corrected chi connectivity index (χ0v) is 11.7. The first-order valence-corrected chi connectivity index (χ1v) is 8.20. The fourth-order valence-corrected chi connectivity index (χ4v) is 4.39. The molecular formula is C13H12N2O5S. The second-order valence-electron chi connectivity index (χ2n) is 5.15. The number of ketones is 1. The summed E-state index contributed by atoms with van der Waals surface area (Å²) in [6, 6.07) is 4.23. The molecule has 0 radical (unpaired) electrons. The highest BCUT2D eigenvalue weighted by molar-refractivity contribution is 7.91. The van der Waals surface area contributed by atoms with Crippen LogP contribution in [0.5, 0.6) is 0 Å². The van der Waals surface area contributed by atoms with E-state index in [0.29, 0.717) is 22.9 Å². The molecule has 2 heterocycles. The summed E-state index contributed by atoms with van der Waals surface area (Å²) >= 11 is 0. The molecule has 3 rings (SSSR count). The third-order valence-electron chi connectivity index (χ3n) is 3.74. The molecule has 1 saturated heterocycles. The van der Waals surface area contributed by atoms with Crippen LogP contribution in [0.1, 0.15) is 16.8 Å². The van der Waals surface area contributed by atoms with E-state index in [1.807, 2.05) is 0 Å². The summed E-state index contributed by atoms with van der Waals surface area (Å²) in [6.45, 7) is 0. The summed E-state index contributed by atoms with van der Waals surface area (Å²) in [5.41, 5.74) is 0.829. The number of carbonyl (C=O) groups excluding carboxylic acids is 1. The second kappa shape index (κ2) is 4.66. The Bertz CT molecular complexity index is 853. The standard InChI is InChI=1S/C13H12N2O5S/c16-13(8-3-4-21(19,20)7-8)11-6-14-12-2-1-9(15(17)18)5-10(11)12/h1-2,5-6,8,14H,3-4,7H2. The molecule has 1 aliphatic rings. The van der Waals surface area contributed by atoms with Gasteiger partial charge in [0.05, 0.1) is 16.4 Å². The first-order valence-electron chi connectivity index (χ1n) is 6.37. The lowest BCUT2D eigenvalue weighted by atomic mass is 9.97. The van der Waals surface area contributed by atoms with Crippen LogP contribution in [0, 0.1) is 16.0 Å². The number of nitro groups is 1. The van der Waals surface area contributed by atoms with Gasteiger partial charge in [-0.25, -0.2) is 8.42 Å². The number of nitrogens with one attached hydrogen (secondary N) is 1. The number of fused-ring (bicyclic) bond motifs is 1. The highest BCUT2D eigenvalue weighted by Crippen LogP contribution is 2.28. The molecule has 1 fully saturated rings. The molecule has 1 aromatic heterocycles. The average Bonchev–Trinajstić information content (AvgIpc) is 3.00. The molecule has 1 atom stereocenters. The molecule has 8 heteroatoms. The molecular weight excluding hydrogens is 296 g/mol. The van der Waals surface area contributed by atoms with Crippen molar-refractivity contribution in [1.82, 2.24) is 4.98 Å². The summed E-state index contributed by atoms with van der Waals surface area (Å²) < 4.78 is 22.9. The number of sulfone groups is 1. The van der Waals surface area contributed by atoms with E-state index in [2.05, 4.69) is 4.98 Å². The number of hydrogen-bond acceptors (Lipinski definition) is 5. The fraction of sp³-hybridized carbons (Fsp3) is 0.308. The van der Waals surface area contributed by atoms with Crippen LogP contribution < -0.4 is 0 Å². The van der Waals surface area contributed by atoms with Gasteiger partial charge in [0.1, 0.15) is 0 Å². The molecule has 0 saturated carbocycles. The van der Waals surface area contributed by atoms with Crippen molar-refractivity contribution in [1.29, 1.82) is 0 Å². The molecule has 1 unspecified atom stereocenters. The van der Waals surface area contributed by atoms with E-state index in [-0.39, 0.29) is 23.0 Å². The van der Waals surface area contributed by atoms with Gasteiger partial charge in [-0.2, -0.15) is 0 Å². The fourth-order valence-electron chi connectivity index (χ4n) is 2.65. The number of Topliss-reactive ketones (excluding diaryl/α,β-unsaturated/α-hetero) is 1. The lowest BCUT2D eigenvalue weighted by Gasteiger charge is -2.05. The molecule has 0 amide bonds. The summed E-state index contributed by atoms with van der Waals surface area (Å²) in [5.74, 6) is -0.963. The number of H-pyrrole nitrogens is 1. The van der Waals surface area contributed by atoms with Gasteiger partial charge in [-0.1, -0.05) is 0 Å². The zero-order chi connectivity index (χ0) is 15.2. The first kappa shape index (κ1) is 13.7. The molecule has 0 aliphatic carbocycles. The predicted molar refractivity (Wildman–Crippen MR) is 76.0 cm³/mol. The number of benzene rings is 1. The maximum absolute atomic E-state index is 12.4. The smallest absolute Gasteiger partial charge is 0.270 e. The van der Waals surface area contributed by atoms with Gasteiger partial charge in [0.2, 0.25) is 0 Å². The largest absolute Gasteiger partial charge is 0.360 e. The van der Waals surface area contributed by atoms with Gasteiger partial charge in [0.25, 0.3) is 5.69 Å². The average molecular weight is 308 g/mol. The Morgan fingerprint density at radius 2 is 2.14 bits per heavy atom.